The van der Waals surface area contributed by atoms with Crippen molar-refractivity contribution in [3.8, 4) is 11.1 Å². The van der Waals surface area contributed by atoms with Gasteiger partial charge in [-0.15, -0.1) is 21.5 Å². The first-order valence-electron chi connectivity index (χ1n) is 7.39. The Kier molecular flexibility index (Phi) is 3.62. The van der Waals surface area contributed by atoms with E-state index in [-0.39, 0.29) is 12.2 Å². The van der Waals surface area contributed by atoms with Gasteiger partial charge in [0.1, 0.15) is 11.3 Å². The summed E-state index contributed by atoms with van der Waals surface area (Å²) in [4.78, 5) is 21.3. The number of hydrogen-bond donors (Lipinski definition) is 0. The van der Waals surface area contributed by atoms with E-state index in [1.54, 1.807) is 23.1 Å². The molecule has 0 atom stereocenters. The Morgan fingerprint density at radius 2 is 2.25 bits per heavy atom. The lowest BCUT2D eigenvalue weighted by Crippen LogP contribution is -2.07. The Morgan fingerprint density at radius 1 is 1.33 bits per heavy atom. The van der Waals surface area contributed by atoms with Crippen LogP contribution in [-0.4, -0.2) is 30.3 Å². The highest BCUT2D eigenvalue weighted by atomic mass is 32.1. The third-order valence-corrected chi connectivity index (χ3v) is 4.63. The third kappa shape index (κ3) is 2.69. The molecule has 118 valence electrons. The molecule has 4 aromatic rings. The highest BCUT2D eigenvalue weighted by Crippen LogP contribution is 2.23. The Balaban J connectivity index is 1.78. The number of Topliss-reactive ketones (excluding diaryl/α,β-unsaturated/α-hetero) is 1. The third-order valence-electron chi connectivity index (χ3n) is 3.67. The summed E-state index contributed by atoms with van der Waals surface area (Å²) in [7, 11) is 0. The maximum atomic E-state index is 12.8. The molecular formula is C17H13N5OS. The first kappa shape index (κ1) is 14.6. The summed E-state index contributed by atoms with van der Waals surface area (Å²) in [6, 6.07) is 5.67. The number of thiazole rings is 1. The number of fused-ring (bicyclic) bond motifs is 1. The largest absolute Gasteiger partial charge is 0.294 e. The van der Waals surface area contributed by atoms with Gasteiger partial charge in [-0.1, -0.05) is 6.07 Å². The summed E-state index contributed by atoms with van der Waals surface area (Å²) in [5.74, 6) is -0.0203. The highest BCUT2D eigenvalue weighted by Gasteiger charge is 2.16. The van der Waals surface area contributed by atoms with Gasteiger partial charge >= 0.3 is 0 Å². The van der Waals surface area contributed by atoms with Crippen molar-refractivity contribution in [2.24, 2.45) is 0 Å². The number of aryl methyl sites for hydroxylation is 1. The zero-order chi connectivity index (χ0) is 16.5. The minimum Gasteiger partial charge on any atom is -0.294 e. The summed E-state index contributed by atoms with van der Waals surface area (Å²) in [5.41, 5.74) is 3.86. The minimum absolute atomic E-state index is 0.0203. The number of carbonyl (C=O) groups excluding carboxylic acids is 1. The Morgan fingerprint density at radius 3 is 3.00 bits per heavy atom. The molecule has 0 bridgehead atoms. The zero-order valence-corrected chi connectivity index (χ0v) is 13.7. The van der Waals surface area contributed by atoms with Gasteiger partial charge in [0.05, 0.1) is 12.0 Å². The van der Waals surface area contributed by atoms with E-state index in [9.17, 15) is 4.79 Å². The number of nitrogens with zero attached hydrogens (tertiary/aromatic N) is 5. The highest BCUT2D eigenvalue weighted by molar-refractivity contribution is 7.09. The lowest BCUT2D eigenvalue weighted by atomic mass is 10.0. The van der Waals surface area contributed by atoms with Crippen molar-refractivity contribution in [1.29, 1.82) is 0 Å². The summed E-state index contributed by atoms with van der Waals surface area (Å²) >= 11 is 1.50. The van der Waals surface area contributed by atoms with Crippen LogP contribution in [0, 0.1) is 6.92 Å². The quantitative estimate of drug-likeness (QED) is 0.536. The van der Waals surface area contributed by atoms with E-state index < -0.39 is 0 Å². The monoisotopic (exact) mass is 335 g/mol. The topological polar surface area (TPSA) is 73.0 Å². The lowest BCUT2D eigenvalue weighted by molar-refractivity contribution is 0.0994. The van der Waals surface area contributed by atoms with E-state index >= 15 is 0 Å². The normalized spacial score (nSPS) is 11.0. The van der Waals surface area contributed by atoms with Gasteiger partial charge < -0.3 is 0 Å². The maximum absolute atomic E-state index is 12.8. The van der Waals surface area contributed by atoms with Crippen LogP contribution in [0.2, 0.25) is 0 Å². The van der Waals surface area contributed by atoms with E-state index in [1.807, 2.05) is 36.7 Å². The molecule has 0 radical (unpaired) electrons. The van der Waals surface area contributed by atoms with Gasteiger partial charge in [0.15, 0.2) is 11.4 Å². The maximum Gasteiger partial charge on any atom is 0.173 e. The molecule has 0 saturated heterocycles. The fourth-order valence-corrected chi connectivity index (χ4v) is 3.32. The number of pyridine rings is 2. The molecule has 0 saturated carbocycles. The van der Waals surface area contributed by atoms with Crippen molar-refractivity contribution < 1.29 is 4.79 Å². The van der Waals surface area contributed by atoms with Gasteiger partial charge in [0.25, 0.3) is 0 Å². The number of hydrogen-bond acceptors (Lipinski definition) is 6. The van der Waals surface area contributed by atoms with Gasteiger partial charge in [0.2, 0.25) is 0 Å². The molecule has 0 N–H and O–H groups in total. The summed E-state index contributed by atoms with van der Waals surface area (Å²) in [5, 5.41) is 10.8. The molecule has 0 aliphatic carbocycles. The van der Waals surface area contributed by atoms with Crippen molar-refractivity contribution in [1.82, 2.24) is 24.6 Å². The second-order valence-corrected chi connectivity index (χ2v) is 6.37. The standard InChI is InChI=1S/C17H13N5OS/c1-11-9-24-16(20-11)6-15(23)14-5-13(12-3-2-4-18-7-12)8-22-10-19-21-17(14)22/h2-5,7-10H,6H2,1H3. The second-order valence-electron chi connectivity index (χ2n) is 5.43. The average Bonchev–Trinajstić information content (AvgIpc) is 3.23. The van der Waals surface area contributed by atoms with E-state index in [1.165, 1.54) is 11.3 Å². The van der Waals surface area contributed by atoms with Crippen LogP contribution in [0.4, 0.5) is 0 Å². The van der Waals surface area contributed by atoms with Crippen LogP contribution in [-0.2, 0) is 6.42 Å². The predicted octanol–water partition coefficient (Wildman–Crippen LogP) is 2.98. The van der Waals surface area contributed by atoms with Crippen molar-refractivity contribution in [3.63, 3.8) is 0 Å². The molecule has 6 nitrogen and oxygen atoms in total. The fourth-order valence-electron chi connectivity index (χ4n) is 2.55. The van der Waals surface area contributed by atoms with Gasteiger partial charge in [-0.05, 0) is 19.1 Å². The molecule has 7 heteroatoms. The second kappa shape index (κ2) is 5.93. The summed E-state index contributed by atoms with van der Waals surface area (Å²) in [6.07, 6.45) is 7.25. The average molecular weight is 335 g/mol. The smallest absolute Gasteiger partial charge is 0.173 e. The zero-order valence-electron chi connectivity index (χ0n) is 12.9. The molecule has 4 rings (SSSR count). The van der Waals surface area contributed by atoms with Gasteiger partial charge in [0, 0.05) is 40.8 Å². The Labute approximate surface area is 141 Å². The Bertz CT molecular complexity index is 1020. The molecular weight excluding hydrogens is 322 g/mol. The number of rotatable bonds is 4. The van der Waals surface area contributed by atoms with E-state index in [2.05, 4.69) is 20.2 Å². The summed E-state index contributed by atoms with van der Waals surface area (Å²) < 4.78 is 1.77. The van der Waals surface area contributed by atoms with Crippen molar-refractivity contribution in [2.75, 3.05) is 0 Å². The lowest BCUT2D eigenvalue weighted by Gasteiger charge is -2.06. The first-order valence-corrected chi connectivity index (χ1v) is 8.26. The van der Waals surface area contributed by atoms with E-state index in [0.29, 0.717) is 11.2 Å². The first-order chi connectivity index (χ1) is 11.7. The number of carbonyl (C=O) groups is 1. The molecule has 0 unspecified atom stereocenters. The van der Waals surface area contributed by atoms with Crippen LogP contribution >= 0.6 is 11.3 Å². The fraction of sp³-hybridized carbons (Fsp3) is 0.118. The van der Waals surface area contributed by atoms with E-state index in [0.717, 1.165) is 21.8 Å². The van der Waals surface area contributed by atoms with Gasteiger partial charge in [-0.3, -0.25) is 14.2 Å². The molecule has 0 fully saturated rings. The Hall–Kier alpha value is -2.93. The minimum atomic E-state index is -0.0203. The van der Waals surface area contributed by atoms with Crippen LogP contribution in [0.3, 0.4) is 0 Å². The van der Waals surface area contributed by atoms with Crippen molar-refractivity contribution >= 4 is 22.8 Å². The molecule has 0 aliphatic heterocycles. The molecule has 0 aliphatic rings. The van der Waals surface area contributed by atoms with Crippen molar-refractivity contribution in [3.05, 3.63) is 64.8 Å². The molecule has 0 aromatic carbocycles. The van der Waals surface area contributed by atoms with Gasteiger partial charge in [-0.2, -0.15) is 0 Å². The molecule has 0 spiro atoms. The van der Waals surface area contributed by atoms with Crippen LogP contribution in [0.1, 0.15) is 21.1 Å². The number of aromatic nitrogens is 5. The molecule has 4 aromatic heterocycles. The SMILES string of the molecule is Cc1csc(CC(=O)c2cc(-c3cccnc3)cn3cnnc23)n1. The van der Waals surface area contributed by atoms with E-state index in [4.69, 9.17) is 0 Å². The molecule has 24 heavy (non-hydrogen) atoms. The molecule has 0 amide bonds. The summed E-state index contributed by atoms with van der Waals surface area (Å²) in [6.45, 7) is 1.92. The van der Waals surface area contributed by atoms with Crippen molar-refractivity contribution in [2.45, 2.75) is 13.3 Å². The van der Waals surface area contributed by atoms with Crippen LogP contribution in [0.5, 0.6) is 0 Å². The molecule has 4 heterocycles. The van der Waals surface area contributed by atoms with Gasteiger partial charge in [-0.25, -0.2) is 4.98 Å². The van der Waals surface area contributed by atoms with Crippen LogP contribution < -0.4 is 0 Å². The number of ketones is 1. The van der Waals surface area contributed by atoms with Crippen LogP contribution in [0.15, 0.2) is 48.5 Å². The van der Waals surface area contributed by atoms with Crippen LogP contribution in [0.25, 0.3) is 16.8 Å². The predicted molar refractivity (Wildman–Crippen MR) is 91.1 cm³/mol.